The first kappa shape index (κ1) is 19.4. The van der Waals surface area contributed by atoms with Crippen molar-refractivity contribution in [3.05, 3.63) is 59.9 Å². The van der Waals surface area contributed by atoms with E-state index in [2.05, 4.69) is 5.32 Å². The molecule has 0 saturated heterocycles. The molecule has 2 aromatic carbocycles. The number of ether oxygens (including phenoxy) is 3. The molecule has 0 radical (unpaired) electrons. The highest BCUT2D eigenvalue weighted by Gasteiger charge is 2.25. The minimum absolute atomic E-state index is 0.0316. The second-order valence-electron chi connectivity index (χ2n) is 6.11. The molecule has 0 bridgehead atoms. The number of carbonyl (C=O) groups excluding carboxylic acids is 2. The number of hydrogen-bond donors (Lipinski definition) is 1. The van der Waals surface area contributed by atoms with Crippen molar-refractivity contribution < 1.29 is 28.2 Å². The fraction of sp³-hybridized carbons (Fsp3) is 0.238. The summed E-state index contributed by atoms with van der Waals surface area (Å²) in [5.41, 5.74) is 1.68. The highest BCUT2D eigenvalue weighted by atomic mass is 16.6. The van der Waals surface area contributed by atoms with Crippen molar-refractivity contribution in [3.8, 4) is 5.75 Å². The molecule has 7 heteroatoms. The van der Waals surface area contributed by atoms with E-state index in [0.717, 1.165) is 5.39 Å². The predicted octanol–water partition coefficient (Wildman–Crippen LogP) is 3.77. The number of furan rings is 1. The van der Waals surface area contributed by atoms with Crippen LogP contribution in [0.15, 0.2) is 52.9 Å². The Kier molecular flexibility index (Phi) is 5.96. The summed E-state index contributed by atoms with van der Waals surface area (Å²) in [6, 6.07) is 14.1. The number of hydrogen-bond acceptors (Lipinski definition) is 6. The van der Waals surface area contributed by atoms with E-state index in [0.29, 0.717) is 22.6 Å². The molecule has 7 nitrogen and oxygen atoms in total. The van der Waals surface area contributed by atoms with Gasteiger partial charge in [0.05, 0.1) is 13.7 Å². The lowest BCUT2D eigenvalue weighted by atomic mass is 10.1. The Hall–Kier alpha value is -3.32. The number of fused-ring (bicyclic) bond motifs is 1. The number of rotatable bonds is 7. The zero-order valence-corrected chi connectivity index (χ0v) is 15.9. The van der Waals surface area contributed by atoms with Gasteiger partial charge in [-0.05, 0) is 25.1 Å². The third-order valence-electron chi connectivity index (χ3n) is 4.16. The van der Waals surface area contributed by atoms with Crippen LogP contribution >= 0.6 is 0 Å². The van der Waals surface area contributed by atoms with Gasteiger partial charge >= 0.3 is 5.97 Å². The standard InChI is InChI=1S/C21H21NO6/c1-13(20(23)22-14-7-6-8-15(11-14)26-3)27-21(24)19-17(12-25-2)16-9-4-5-10-18(16)28-19/h4-11,13H,12H2,1-3H3,(H,22,23)/t13-/m1/s1. The molecule has 146 valence electrons. The quantitative estimate of drug-likeness (QED) is 0.625. The number of anilines is 1. The monoisotopic (exact) mass is 383 g/mol. The van der Waals surface area contributed by atoms with Crippen molar-refractivity contribution in [1.82, 2.24) is 0 Å². The van der Waals surface area contributed by atoms with Crippen LogP contribution < -0.4 is 10.1 Å². The molecule has 0 aliphatic heterocycles. The number of methoxy groups -OCH3 is 2. The summed E-state index contributed by atoms with van der Waals surface area (Å²) in [6.07, 6.45) is -1.03. The normalized spacial score (nSPS) is 11.8. The van der Waals surface area contributed by atoms with E-state index in [4.69, 9.17) is 18.6 Å². The molecule has 0 saturated carbocycles. The van der Waals surface area contributed by atoms with Crippen LogP contribution in [0.25, 0.3) is 11.0 Å². The van der Waals surface area contributed by atoms with Gasteiger partial charge in [0.1, 0.15) is 11.3 Å². The maximum atomic E-state index is 12.6. The lowest BCUT2D eigenvalue weighted by molar-refractivity contribution is -0.123. The van der Waals surface area contributed by atoms with Crippen LogP contribution in [0, 0.1) is 0 Å². The molecule has 0 aliphatic rings. The maximum Gasteiger partial charge on any atom is 0.375 e. The molecule has 3 aromatic rings. The van der Waals surface area contributed by atoms with Crippen LogP contribution in [0.1, 0.15) is 23.0 Å². The van der Waals surface area contributed by atoms with Crippen LogP contribution in [0.3, 0.4) is 0 Å². The van der Waals surface area contributed by atoms with Gasteiger partial charge in [-0.1, -0.05) is 24.3 Å². The van der Waals surface area contributed by atoms with Gasteiger partial charge in [-0.15, -0.1) is 0 Å². The van der Waals surface area contributed by atoms with Gasteiger partial charge < -0.3 is 23.9 Å². The molecule has 1 aromatic heterocycles. The fourth-order valence-electron chi connectivity index (χ4n) is 2.76. The zero-order chi connectivity index (χ0) is 20.1. The van der Waals surface area contributed by atoms with Crippen LogP contribution in [0.5, 0.6) is 5.75 Å². The average molecular weight is 383 g/mol. The van der Waals surface area contributed by atoms with Crippen molar-refractivity contribution in [3.63, 3.8) is 0 Å². The number of benzene rings is 2. The molecule has 0 spiro atoms. The van der Waals surface area contributed by atoms with E-state index in [1.54, 1.807) is 30.3 Å². The largest absolute Gasteiger partial charge is 0.497 e. The average Bonchev–Trinajstić information content (AvgIpc) is 3.07. The summed E-state index contributed by atoms with van der Waals surface area (Å²) in [7, 11) is 3.07. The summed E-state index contributed by atoms with van der Waals surface area (Å²) < 4.78 is 21.3. The third kappa shape index (κ3) is 4.15. The van der Waals surface area contributed by atoms with E-state index in [9.17, 15) is 9.59 Å². The number of nitrogens with one attached hydrogen (secondary N) is 1. The predicted molar refractivity (Wildman–Crippen MR) is 103 cm³/mol. The van der Waals surface area contributed by atoms with E-state index in [1.165, 1.54) is 21.1 Å². The van der Waals surface area contributed by atoms with Crippen LogP contribution in [-0.2, 0) is 20.9 Å². The maximum absolute atomic E-state index is 12.6. The second kappa shape index (κ2) is 8.58. The van der Waals surface area contributed by atoms with Gasteiger partial charge in [-0.25, -0.2) is 4.79 Å². The third-order valence-corrected chi connectivity index (χ3v) is 4.16. The molecule has 0 aliphatic carbocycles. The Labute approximate surface area is 162 Å². The second-order valence-corrected chi connectivity index (χ2v) is 6.11. The van der Waals surface area contributed by atoms with Gasteiger partial charge in [-0.2, -0.15) is 0 Å². The van der Waals surface area contributed by atoms with E-state index in [-0.39, 0.29) is 12.4 Å². The summed E-state index contributed by atoms with van der Waals surface area (Å²) in [4.78, 5) is 25.0. The van der Waals surface area contributed by atoms with Crippen molar-refractivity contribution >= 4 is 28.5 Å². The summed E-state index contributed by atoms with van der Waals surface area (Å²) >= 11 is 0. The van der Waals surface area contributed by atoms with Gasteiger partial charge in [0.15, 0.2) is 6.10 Å². The highest BCUT2D eigenvalue weighted by molar-refractivity contribution is 5.99. The van der Waals surface area contributed by atoms with E-state index >= 15 is 0 Å². The molecule has 1 amide bonds. The number of para-hydroxylation sites is 1. The Morgan fingerprint density at radius 1 is 1.11 bits per heavy atom. The Morgan fingerprint density at radius 2 is 1.89 bits per heavy atom. The fourth-order valence-corrected chi connectivity index (χ4v) is 2.76. The van der Waals surface area contributed by atoms with Gasteiger partial charge in [-0.3, -0.25) is 4.79 Å². The summed E-state index contributed by atoms with van der Waals surface area (Å²) in [6.45, 7) is 1.68. The topological polar surface area (TPSA) is 87.0 Å². The lowest BCUT2D eigenvalue weighted by Gasteiger charge is -2.13. The van der Waals surface area contributed by atoms with E-state index < -0.39 is 18.0 Å². The van der Waals surface area contributed by atoms with Crippen LogP contribution in [0.2, 0.25) is 0 Å². The number of carbonyl (C=O) groups is 2. The smallest absolute Gasteiger partial charge is 0.375 e. The molecule has 1 atom stereocenters. The zero-order valence-electron chi connectivity index (χ0n) is 15.9. The number of amides is 1. The van der Waals surface area contributed by atoms with Crippen molar-refractivity contribution in [2.45, 2.75) is 19.6 Å². The van der Waals surface area contributed by atoms with Gasteiger partial charge in [0, 0.05) is 29.8 Å². The van der Waals surface area contributed by atoms with Crippen molar-refractivity contribution in [1.29, 1.82) is 0 Å². The molecular weight excluding hydrogens is 362 g/mol. The van der Waals surface area contributed by atoms with Gasteiger partial charge in [0.2, 0.25) is 5.76 Å². The summed E-state index contributed by atoms with van der Waals surface area (Å²) in [5, 5.41) is 3.46. The van der Waals surface area contributed by atoms with E-state index in [1.807, 2.05) is 18.2 Å². The Morgan fingerprint density at radius 3 is 2.64 bits per heavy atom. The Balaban J connectivity index is 1.74. The first-order valence-electron chi connectivity index (χ1n) is 8.68. The molecule has 0 unspecified atom stereocenters. The SMILES string of the molecule is COCc1c(C(=O)O[C@H](C)C(=O)Nc2cccc(OC)c2)oc2ccccc12. The molecule has 0 fully saturated rings. The van der Waals surface area contributed by atoms with Crippen molar-refractivity contribution in [2.75, 3.05) is 19.5 Å². The van der Waals surface area contributed by atoms with Crippen molar-refractivity contribution in [2.24, 2.45) is 0 Å². The molecule has 1 N–H and O–H groups in total. The first-order chi connectivity index (χ1) is 13.5. The van der Waals surface area contributed by atoms with Crippen LogP contribution in [0.4, 0.5) is 5.69 Å². The highest BCUT2D eigenvalue weighted by Crippen LogP contribution is 2.27. The molecule has 28 heavy (non-hydrogen) atoms. The number of esters is 1. The molecule has 3 rings (SSSR count). The summed E-state index contributed by atoms with van der Waals surface area (Å²) in [5.74, 6) is -0.555. The Bertz CT molecular complexity index is 993. The minimum atomic E-state index is -1.03. The lowest BCUT2D eigenvalue weighted by Crippen LogP contribution is -2.30. The molecule has 1 heterocycles. The van der Waals surface area contributed by atoms with Gasteiger partial charge in [0.25, 0.3) is 5.91 Å². The minimum Gasteiger partial charge on any atom is -0.497 e. The molecular formula is C21H21NO6. The first-order valence-corrected chi connectivity index (χ1v) is 8.68. The van der Waals surface area contributed by atoms with Crippen LogP contribution in [-0.4, -0.2) is 32.2 Å².